The molecule has 0 spiro atoms. The van der Waals surface area contributed by atoms with Crippen LogP contribution < -0.4 is 31.7 Å². The fraction of sp³-hybridized carbons (Fsp3) is 0.809. The van der Waals surface area contributed by atoms with Gasteiger partial charge in [0.25, 0.3) is 11.8 Å². The van der Waals surface area contributed by atoms with E-state index in [2.05, 4.69) is 21.3 Å². The van der Waals surface area contributed by atoms with E-state index in [0.717, 1.165) is 9.80 Å². The number of nitrogens with two attached hydrogens (primary N) is 1. The second-order valence-electron chi connectivity index (χ2n) is 30.2. The normalized spacial score (nSPS) is 15.4. The Kier molecular flexibility index (Phi) is 77.8. The number of ether oxygens (including phenoxy) is 27. The second kappa shape index (κ2) is 86.0. The Morgan fingerprint density at radius 2 is 0.822 bits per heavy atom. The number of likely N-dealkylation sites (N-methyl/N-ethyl adjacent to an activating group) is 1. The maximum absolute atomic E-state index is 13.7. The number of carbonyl (C=O) groups excluding carboxylic acids is 8. The number of carbonyl (C=O) groups is 9. The number of aliphatic carboxylic acids is 1. The van der Waals surface area contributed by atoms with Crippen LogP contribution in [0.4, 0.5) is 10.5 Å². The predicted octanol–water partition coefficient (Wildman–Crippen LogP) is 0.185. The van der Waals surface area contributed by atoms with Crippen LogP contribution in [0.1, 0.15) is 83.6 Å². The third kappa shape index (κ3) is 67.8. The first-order chi connectivity index (χ1) is 65.8. The number of methoxy groups -OCH3 is 1. The van der Waals surface area contributed by atoms with E-state index in [1.165, 1.54) is 37.4 Å². The minimum Gasteiger partial charge on any atom is -0.479 e. The van der Waals surface area contributed by atoms with Crippen LogP contribution in [0.15, 0.2) is 30.4 Å². The lowest BCUT2D eigenvalue weighted by molar-refractivity contribution is -0.238. The number of carboxylic acids is 1. The highest BCUT2D eigenvalue weighted by atomic mass is 16.7. The minimum absolute atomic E-state index is 0.0261. The van der Waals surface area contributed by atoms with Crippen molar-refractivity contribution in [2.24, 2.45) is 11.7 Å². The quantitative estimate of drug-likeness (QED) is 0.0319. The number of unbranched alkanes of at least 4 members (excludes halogenated alkanes) is 3. The minimum atomic E-state index is -1.72. The van der Waals surface area contributed by atoms with E-state index in [1.54, 1.807) is 21.0 Å². The molecule has 0 unspecified atom stereocenters. The molecule has 1 aromatic rings. The van der Waals surface area contributed by atoms with Gasteiger partial charge in [-0.05, 0) is 55.7 Å². The summed E-state index contributed by atoms with van der Waals surface area (Å²) in [6.07, 6.45) is -3.38. The van der Waals surface area contributed by atoms with E-state index in [1.807, 2.05) is 0 Å². The highest BCUT2D eigenvalue weighted by Crippen LogP contribution is 2.31. The van der Waals surface area contributed by atoms with E-state index < -0.39 is 90.6 Å². The number of nitrogens with zero attached hydrogens (tertiary/aromatic N) is 2. The third-order valence-electron chi connectivity index (χ3n) is 19.1. The van der Waals surface area contributed by atoms with Gasteiger partial charge in [0.1, 0.15) is 30.5 Å². The van der Waals surface area contributed by atoms with Gasteiger partial charge in [0.2, 0.25) is 35.8 Å². The van der Waals surface area contributed by atoms with Crippen molar-refractivity contribution >= 4 is 59.1 Å². The Labute approximate surface area is 792 Å². The first-order valence-corrected chi connectivity index (χ1v) is 46.5. The smallest absolute Gasteiger partial charge is 0.410 e. The number of aliphatic hydroxyl groups is 2. The molecule has 0 aliphatic carbocycles. The van der Waals surface area contributed by atoms with E-state index in [-0.39, 0.29) is 88.4 Å². The van der Waals surface area contributed by atoms with Crippen molar-refractivity contribution in [3.63, 3.8) is 0 Å². The van der Waals surface area contributed by atoms with Gasteiger partial charge in [0.15, 0.2) is 6.10 Å². The molecule has 2 heterocycles. The third-order valence-corrected chi connectivity index (χ3v) is 19.1. The molecule has 135 heavy (non-hydrogen) atoms. The van der Waals surface area contributed by atoms with Crippen LogP contribution in [-0.2, 0) is 168 Å². The maximum Gasteiger partial charge on any atom is 0.410 e. The van der Waals surface area contributed by atoms with Crippen LogP contribution in [0.25, 0.3) is 0 Å². The van der Waals surface area contributed by atoms with Crippen molar-refractivity contribution in [1.82, 2.24) is 25.8 Å². The standard InChI is InChI=1S/C89H155N7O39/c1-71(2)83(85(90)104)95(3)89(108)133-70-72-12-13-76(134-88-84(103)75(97)69-77(135-88)87(106)107)74(68-72)94-80(100)16-19-92-86(105)73(93-79(99)11-6-5-9-20-96-81(101)14-15-82(96)102)10-7-8-18-91-78(98)17-21-110-24-25-112-28-29-114-32-33-116-36-37-118-40-41-120-44-45-122-48-49-124-52-53-126-56-57-128-60-61-130-64-65-132-67-66-131-63-62-129-59-58-127-55-54-125-51-50-123-47-46-121-43-42-119-39-38-117-35-34-115-31-30-113-27-26-111-23-22-109-4/h12-15,68,71,73,75,77,83-84,88,97,103H,5-11,16-67,69-70H2,1-4H3,(H2,90,104)(H,91,98)(H,92,105)(H,93,99)(H,94,100)(H,106,107)/t73-,75-,77-,83-,84+,88+/m0/s1. The molecule has 2 aliphatic heterocycles. The van der Waals surface area contributed by atoms with Gasteiger partial charge in [0, 0.05) is 71.6 Å². The fourth-order valence-corrected chi connectivity index (χ4v) is 12.0. The van der Waals surface area contributed by atoms with E-state index in [0.29, 0.717) is 335 Å². The molecule has 0 aromatic heterocycles. The molecular formula is C89H155N7O39. The van der Waals surface area contributed by atoms with Crippen LogP contribution in [0.5, 0.6) is 5.75 Å². The number of benzene rings is 1. The zero-order chi connectivity index (χ0) is 97.7. The molecule has 0 radical (unpaired) electrons. The van der Waals surface area contributed by atoms with Crippen molar-refractivity contribution < 1.29 is 186 Å². The van der Waals surface area contributed by atoms with Crippen molar-refractivity contribution in [1.29, 1.82) is 0 Å². The maximum atomic E-state index is 13.7. The van der Waals surface area contributed by atoms with Gasteiger partial charge in [-0.2, -0.15) is 0 Å². The first kappa shape index (κ1) is 122. The lowest BCUT2D eigenvalue weighted by atomic mass is 10.0. The van der Waals surface area contributed by atoms with E-state index >= 15 is 0 Å². The molecule has 0 saturated carbocycles. The summed E-state index contributed by atoms with van der Waals surface area (Å²) in [6, 6.07) is 2.06. The second-order valence-corrected chi connectivity index (χ2v) is 30.2. The number of anilines is 1. The number of aliphatic hydroxyl groups excluding tert-OH is 2. The Balaban J connectivity index is 1.06. The lowest BCUT2D eigenvalue weighted by Crippen LogP contribution is -2.52. The van der Waals surface area contributed by atoms with Gasteiger partial charge >= 0.3 is 12.1 Å². The topological polar surface area (TPSA) is 544 Å². The number of amides is 8. The number of imide groups is 1. The number of primary amides is 1. The van der Waals surface area contributed by atoms with Crippen molar-refractivity contribution in [2.75, 3.05) is 350 Å². The molecule has 1 fully saturated rings. The zero-order valence-corrected chi connectivity index (χ0v) is 79.6. The highest BCUT2D eigenvalue weighted by molar-refractivity contribution is 6.12. The van der Waals surface area contributed by atoms with Crippen LogP contribution in [0.2, 0.25) is 0 Å². The molecule has 1 saturated heterocycles. The van der Waals surface area contributed by atoms with Gasteiger partial charge in [0.05, 0.1) is 322 Å². The molecule has 46 nitrogen and oxygen atoms in total. The Morgan fingerprint density at radius 1 is 0.452 bits per heavy atom. The van der Waals surface area contributed by atoms with Gasteiger partial charge < -0.3 is 170 Å². The molecule has 9 N–H and O–H groups in total. The monoisotopic (exact) mass is 1950 g/mol. The largest absolute Gasteiger partial charge is 0.479 e. The fourth-order valence-electron chi connectivity index (χ4n) is 12.0. The predicted molar refractivity (Wildman–Crippen MR) is 480 cm³/mol. The van der Waals surface area contributed by atoms with Crippen LogP contribution in [0, 0.1) is 5.92 Å². The average molecular weight is 1950 g/mol. The lowest BCUT2D eigenvalue weighted by Gasteiger charge is -2.35. The van der Waals surface area contributed by atoms with Crippen LogP contribution in [-0.4, -0.2) is 460 Å². The van der Waals surface area contributed by atoms with Gasteiger partial charge in [-0.25, -0.2) is 9.59 Å². The summed E-state index contributed by atoms with van der Waals surface area (Å²) in [6.45, 7) is 24.1. The molecular weight excluding hydrogens is 1790 g/mol. The Hall–Kier alpha value is -7.09. The molecule has 1 aromatic carbocycles. The molecule has 46 heteroatoms. The number of rotatable bonds is 97. The number of carboxylic acid groups (broad SMARTS) is 1. The summed E-state index contributed by atoms with van der Waals surface area (Å²) in [5.74, 6) is -5.49. The zero-order valence-electron chi connectivity index (χ0n) is 79.6. The number of nitrogens with one attached hydrogen (secondary N) is 4. The summed E-state index contributed by atoms with van der Waals surface area (Å²) in [5, 5.41) is 41.6. The molecule has 6 atom stereocenters. The van der Waals surface area contributed by atoms with Gasteiger partial charge in [-0.3, -0.25) is 43.4 Å². The van der Waals surface area contributed by atoms with Crippen molar-refractivity contribution in [2.45, 2.75) is 121 Å². The molecule has 0 bridgehead atoms. The van der Waals surface area contributed by atoms with E-state index in [9.17, 15) is 58.5 Å². The summed E-state index contributed by atoms with van der Waals surface area (Å²) in [5.41, 5.74) is 5.74. The Morgan fingerprint density at radius 3 is 1.18 bits per heavy atom. The van der Waals surface area contributed by atoms with Crippen molar-refractivity contribution in [3.8, 4) is 5.75 Å². The molecule has 2 aliphatic rings. The average Bonchev–Trinajstić information content (AvgIpc) is 1.65. The summed E-state index contributed by atoms with van der Waals surface area (Å²) in [7, 11) is 2.99. The van der Waals surface area contributed by atoms with Gasteiger partial charge in [-0.15, -0.1) is 0 Å². The first-order valence-electron chi connectivity index (χ1n) is 46.5. The summed E-state index contributed by atoms with van der Waals surface area (Å²) < 4.78 is 149. The number of hydrogen-bond acceptors (Lipinski definition) is 38. The molecule has 780 valence electrons. The van der Waals surface area contributed by atoms with Crippen LogP contribution >= 0.6 is 0 Å². The SMILES string of the molecule is COCCOCCOCCOCCOCCOCCOCCOCCOCCOCCOCCOCCOCCOCCOCCOCCOCCOCCOCCOCCOCCOCCOCCOCCC(=O)NCCCC[C@H](NC(=O)CCCCCN1C(=O)C=CC1=O)C(=O)NCCC(=O)Nc1cc(COC(=O)N(C)[C@H](C(N)=O)C(C)C)ccc1O[C@@H]1O[C@H](C(=O)O)C[C@H](O)[C@H]1O. The Bertz CT molecular complexity index is 3180. The van der Waals surface area contributed by atoms with E-state index in [4.69, 9.17) is 134 Å². The summed E-state index contributed by atoms with van der Waals surface area (Å²) in [4.78, 5) is 116. The van der Waals surface area contributed by atoms with Crippen LogP contribution in [0.3, 0.4) is 0 Å². The summed E-state index contributed by atoms with van der Waals surface area (Å²) >= 11 is 0. The molecule has 3 rings (SSSR count). The highest BCUT2D eigenvalue weighted by Gasteiger charge is 2.42. The van der Waals surface area contributed by atoms with Gasteiger partial charge in [-0.1, -0.05) is 26.3 Å². The molecule has 8 amide bonds. The number of hydrogen-bond donors (Lipinski definition) is 8. The van der Waals surface area contributed by atoms with Crippen molar-refractivity contribution in [3.05, 3.63) is 35.9 Å².